The van der Waals surface area contributed by atoms with Crippen LogP contribution in [0.4, 0.5) is 0 Å². The quantitative estimate of drug-likeness (QED) is 0.750. The molecule has 8 heteroatoms. The molecular weight excluding hydrogens is 356 g/mol. The highest BCUT2D eigenvalue weighted by molar-refractivity contribution is 7.89. The van der Waals surface area contributed by atoms with Crippen LogP contribution in [0.5, 0.6) is 0 Å². The molecule has 0 aromatic heterocycles. The van der Waals surface area contributed by atoms with E-state index in [9.17, 15) is 18.0 Å². The number of aliphatic carboxylic acids is 1. The second-order valence-electron chi connectivity index (χ2n) is 7.05. The van der Waals surface area contributed by atoms with Gasteiger partial charge in [0.2, 0.25) is 10.0 Å². The van der Waals surface area contributed by atoms with Gasteiger partial charge in [-0.15, -0.1) is 0 Å². The highest BCUT2D eigenvalue weighted by Crippen LogP contribution is 2.23. The molecule has 1 fully saturated rings. The molecule has 2 N–H and O–H groups in total. The predicted octanol–water partition coefficient (Wildman–Crippen LogP) is 1.95. The SMILES string of the molecule is CC(CNC(=O)c1ccc(S(=O)(=O)N2CCCC(C)C2)cc1)CC(=O)O. The van der Waals surface area contributed by atoms with E-state index < -0.39 is 16.0 Å². The summed E-state index contributed by atoms with van der Waals surface area (Å²) in [5, 5.41) is 11.4. The lowest BCUT2D eigenvalue weighted by molar-refractivity contribution is -0.137. The highest BCUT2D eigenvalue weighted by Gasteiger charge is 2.28. The molecule has 0 radical (unpaired) electrons. The molecule has 0 bridgehead atoms. The van der Waals surface area contributed by atoms with Crippen LogP contribution in [0, 0.1) is 11.8 Å². The van der Waals surface area contributed by atoms with Crippen LogP contribution >= 0.6 is 0 Å². The maximum atomic E-state index is 12.7. The summed E-state index contributed by atoms with van der Waals surface area (Å²) >= 11 is 0. The second kappa shape index (κ2) is 8.64. The predicted molar refractivity (Wildman–Crippen MR) is 97.3 cm³/mol. The van der Waals surface area contributed by atoms with Crippen molar-refractivity contribution in [2.24, 2.45) is 11.8 Å². The molecule has 2 unspecified atom stereocenters. The van der Waals surface area contributed by atoms with E-state index in [2.05, 4.69) is 5.32 Å². The van der Waals surface area contributed by atoms with E-state index in [4.69, 9.17) is 5.11 Å². The van der Waals surface area contributed by atoms with E-state index in [-0.39, 0.29) is 29.7 Å². The third-order valence-electron chi connectivity index (χ3n) is 4.51. The number of carboxylic acid groups (broad SMARTS) is 1. The topological polar surface area (TPSA) is 104 Å². The molecule has 1 amide bonds. The average molecular weight is 382 g/mol. The van der Waals surface area contributed by atoms with Crippen molar-refractivity contribution in [3.63, 3.8) is 0 Å². The number of benzene rings is 1. The van der Waals surface area contributed by atoms with Crippen LogP contribution in [0.25, 0.3) is 0 Å². The number of piperidine rings is 1. The third-order valence-corrected chi connectivity index (χ3v) is 6.39. The minimum atomic E-state index is -3.54. The molecule has 1 aliphatic heterocycles. The molecule has 0 aliphatic carbocycles. The van der Waals surface area contributed by atoms with E-state index in [0.29, 0.717) is 24.6 Å². The molecule has 144 valence electrons. The van der Waals surface area contributed by atoms with E-state index in [1.807, 2.05) is 6.92 Å². The zero-order valence-corrected chi connectivity index (χ0v) is 16.0. The third kappa shape index (κ3) is 5.28. The van der Waals surface area contributed by atoms with Crippen LogP contribution in [0.2, 0.25) is 0 Å². The van der Waals surface area contributed by atoms with Crippen molar-refractivity contribution in [2.75, 3.05) is 19.6 Å². The van der Waals surface area contributed by atoms with Crippen LogP contribution < -0.4 is 5.32 Å². The first kappa shape index (κ1) is 20.4. The van der Waals surface area contributed by atoms with E-state index in [0.717, 1.165) is 12.8 Å². The normalized spacial score (nSPS) is 19.7. The number of hydrogen-bond acceptors (Lipinski definition) is 4. The van der Waals surface area contributed by atoms with Crippen molar-refractivity contribution in [3.8, 4) is 0 Å². The summed E-state index contributed by atoms with van der Waals surface area (Å²) in [5.74, 6) is -1.10. The van der Waals surface area contributed by atoms with Crippen molar-refractivity contribution in [1.29, 1.82) is 0 Å². The van der Waals surface area contributed by atoms with E-state index in [1.165, 1.54) is 28.6 Å². The molecule has 0 spiro atoms. The van der Waals surface area contributed by atoms with Crippen molar-refractivity contribution in [1.82, 2.24) is 9.62 Å². The standard InChI is InChI=1S/C18H26N2O5S/c1-13-4-3-9-20(12-13)26(24,25)16-7-5-15(6-8-16)18(23)19-11-14(2)10-17(21)22/h5-8,13-14H,3-4,9-12H2,1-2H3,(H,19,23)(H,21,22). The van der Waals surface area contributed by atoms with Gasteiger partial charge in [0.1, 0.15) is 0 Å². The first-order chi connectivity index (χ1) is 12.2. The number of carbonyl (C=O) groups is 2. The first-order valence-corrected chi connectivity index (χ1v) is 10.2. The van der Waals surface area contributed by atoms with Crippen LogP contribution in [0.3, 0.4) is 0 Å². The van der Waals surface area contributed by atoms with Crippen molar-refractivity contribution in [3.05, 3.63) is 29.8 Å². The monoisotopic (exact) mass is 382 g/mol. The van der Waals surface area contributed by atoms with Gasteiger partial charge in [-0.1, -0.05) is 13.8 Å². The smallest absolute Gasteiger partial charge is 0.303 e. The van der Waals surface area contributed by atoms with Crippen molar-refractivity contribution in [2.45, 2.75) is 38.0 Å². The van der Waals surface area contributed by atoms with Gasteiger partial charge in [-0.2, -0.15) is 4.31 Å². The number of carboxylic acids is 1. The molecule has 1 aliphatic rings. The largest absolute Gasteiger partial charge is 0.481 e. The fraction of sp³-hybridized carbons (Fsp3) is 0.556. The molecule has 2 atom stereocenters. The Morgan fingerprint density at radius 2 is 1.96 bits per heavy atom. The zero-order chi connectivity index (χ0) is 19.3. The van der Waals surface area contributed by atoms with Gasteiger partial charge < -0.3 is 10.4 Å². The Hall–Kier alpha value is -1.93. The number of rotatable bonds is 7. The summed E-state index contributed by atoms with van der Waals surface area (Å²) in [6, 6.07) is 5.86. The van der Waals surface area contributed by atoms with Crippen LogP contribution in [0.15, 0.2) is 29.2 Å². The van der Waals surface area contributed by atoms with Gasteiger partial charge in [0.15, 0.2) is 0 Å². The number of sulfonamides is 1. The maximum Gasteiger partial charge on any atom is 0.303 e. The number of nitrogens with one attached hydrogen (secondary N) is 1. The lowest BCUT2D eigenvalue weighted by Crippen LogP contribution is -2.39. The molecule has 26 heavy (non-hydrogen) atoms. The summed E-state index contributed by atoms with van der Waals surface area (Å²) in [4.78, 5) is 22.9. The Labute approximate surface area is 154 Å². The molecule has 1 saturated heterocycles. The van der Waals surface area contributed by atoms with Gasteiger partial charge in [0, 0.05) is 31.6 Å². The lowest BCUT2D eigenvalue weighted by Gasteiger charge is -2.30. The van der Waals surface area contributed by atoms with Gasteiger partial charge >= 0.3 is 5.97 Å². The summed E-state index contributed by atoms with van der Waals surface area (Å²) in [5.41, 5.74) is 0.346. The summed E-state index contributed by atoms with van der Waals surface area (Å²) < 4.78 is 26.9. The Balaban J connectivity index is 2.00. The Morgan fingerprint density at radius 1 is 1.31 bits per heavy atom. The number of hydrogen-bond donors (Lipinski definition) is 2. The molecular formula is C18H26N2O5S. The van der Waals surface area contributed by atoms with Gasteiger partial charge in [0.05, 0.1) is 4.90 Å². The van der Waals surface area contributed by atoms with Gasteiger partial charge in [-0.05, 0) is 48.9 Å². The lowest BCUT2D eigenvalue weighted by atomic mass is 10.0. The maximum absolute atomic E-state index is 12.7. The minimum absolute atomic E-state index is 0.0221. The summed E-state index contributed by atoms with van der Waals surface area (Å²) in [6.07, 6.45) is 1.87. The van der Waals surface area contributed by atoms with Crippen LogP contribution in [0.1, 0.15) is 43.5 Å². The fourth-order valence-electron chi connectivity index (χ4n) is 3.03. The zero-order valence-electron chi connectivity index (χ0n) is 15.1. The Morgan fingerprint density at radius 3 is 2.54 bits per heavy atom. The Kier molecular flexibility index (Phi) is 6.77. The number of nitrogens with zero attached hydrogens (tertiary/aromatic N) is 1. The van der Waals surface area contributed by atoms with Gasteiger partial charge in [-0.25, -0.2) is 8.42 Å². The second-order valence-corrected chi connectivity index (χ2v) is 8.99. The van der Waals surface area contributed by atoms with Crippen LogP contribution in [-0.2, 0) is 14.8 Å². The summed E-state index contributed by atoms with van der Waals surface area (Å²) in [7, 11) is -3.54. The molecule has 7 nitrogen and oxygen atoms in total. The minimum Gasteiger partial charge on any atom is -0.481 e. The van der Waals surface area contributed by atoms with Gasteiger partial charge in [0.25, 0.3) is 5.91 Å². The van der Waals surface area contributed by atoms with E-state index in [1.54, 1.807) is 6.92 Å². The van der Waals surface area contributed by atoms with Crippen molar-refractivity contribution >= 4 is 21.9 Å². The fourth-order valence-corrected chi connectivity index (χ4v) is 4.63. The molecule has 1 heterocycles. The summed E-state index contributed by atoms with van der Waals surface area (Å²) in [6.45, 7) is 5.07. The molecule has 2 rings (SSSR count). The Bertz CT molecular complexity index is 745. The highest BCUT2D eigenvalue weighted by atomic mass is 32.2. The number of amides is 1. The molecule has 1 aromatic rings. The van der Waals surface area contributed by atoms with Crippen LogP contribution in [-0.4, -0.2) is 49.3 Å². The van der Waals surface area contributed by atoms with Gasteiger partial charge in [-0.3, -0.25) is 9.59 Å². The molecule has 0 saturated carbocycles. The van der Waals surface area contributed by atoms with E-state index >= 15 is 0 Å². The first-order valence-electron chi connectivity index (χ1n) is 8.80. The average Bonchev–Trinajstić information content (AvgIpc) is 2.59. The number of carbonyl (C=O) groups excluding carboxylic acids is 1. The molecule has 1 aromatic carbocycles. The van der Waals surface area contributed by atoms with Crippen molar-refractivity contribution < 1.29 is 23.1 Å².